The third-order valence-corrected chi connectivity index (χ3v) is 5.66. The summed E-state index contributed by atoms with van der Waals surface area (Å²) in [6.45, 7) is 3.35. The molecule has 1 aromatic heterocycles. The van der Waals surface area contributed by atoms with Gasteiger partial charge in [0.15, 0.2) is 0 Å². The molecule has 3 aromatic rings. The molecule has 0 unspecified atom stereocenters. The summed E-state index contributed by atoms with van der Waals surface area (Å²) in [7, 11) is -3.93. The third kappa shape index (κ3) is 3.48. The highest BCUT2D eigenvalue weighted by Gasteiger charge is 2.21. The maximum Gasteiger partial charge on any atom is 0.335 e. The van der Waals surface area contributed by atoms with Crippen molar-refractivity contribution in [1.82, 2.24) is 4.57 Å². The van der Waals surface area contributed by atoms with Crippen molar-refractivity contribution in [1.29, 1.82) is 0 Å². The molecule has 2 aromatic carbocycles. The number of anilines is 1. The third-order valence-electron chi connectivity index (χ3n) is 4.16. The van der Waals surface area contributed by atoms with E-state index in [4.69, 9.17) is 0 Å². The van der Waals surface area contributed by atoms with Crippen LogP contribution < -0.4 is 4.72 Å². The van der Waals surface area contributed by atoms with Crippen molar-refractivity contribution in [2.24, 2.45) is 0 Å². The summed E-state index contributed by atoms with van der Waals surface area (Å²) in [6.07, 6.45) is 3.72. The molecule has 0 aliphatic rings. The molecule has 0 aliphatic heterocycles. The molecule has 134 valence electrons. The first-order valence-corrected chi connectivity index (χ1v) is 9.37. The molecule has 1 heterocycles. The van der Waals surface area contributed by atoms with E-state index in [-0.39, 0.29) is 10.5 Å². The Morgan fingerprint density at radius 1 is 1.04 bits per heavy atom. The zero-order chi connectivity index (χ0) is 18.9. The molecule has 2 N–H and O–H groups in total. The minimum absolute atomic E-state index is 0.0405. The number of aromatic carboxylic acids is 1. The second kappa shape index (κ2) is 6.68. The Bertz CT molecular complexity index is 1070. The molecule has 0 saturated heterocycles. The first kappa shape index (κ1) is 17.8. The Balaban J connectivity index is 2.00. The fraction of sp³-hybridized carbons (Fsp3) is 0.105. The Labute approximate surface area is 151 Å². The van der Waals surface area contributed by atoms with Crippen molar-refractivity contribution in [2.45, 2.75) is 18.7 Å². The van der Waals surface area contributed by atoms with Crippen LogP contribution >= 0.6 is 0 Å². The first-order valence-electron chi connectivity index (χ1n) is 7.89. The lowest BCUT2D eigenvalue weighted by atomic mass is 10.1. The SMILES string of the molecule is Cc1cc(C(=O)O)cc(S(=O)(=O)Nc2cccc(-n3cccc3)c2)c1C. The lowest BCUT2D eigenvalue weighted by molar-refractivity contribution is 0.0696. The smallest absolute Gasteiger partial charge is 0.335 e. The summed E-state index contributed by atoms with van der Waals surface area (Å²) in [5.74, 6) is -1.17. The Hall–Kier alpha value is -3.06. The summed E-state index contributed by atoms with van der Waals surface area (Å²) in [6, 6.07) is 13.4. The zero-order valence-electron chi connectivity index (χ0n) is 14.3. The van der Waals surface area contributed by atoms with Crippen LogP contribution in [0.2, 0.25) is 0 Å². The zero-order valence-corrected chi connectivity index (χ0v) is 15.1. The predicted octanol–water partition coefficient (Wildman–Crippen LogP) is 3.59. The molecule has 0 saturated carbocycles. The van der Waals surface area contributed by atoms with E-state index in [0.29, 0.717) is 16.8 Å². The van der Waals surface area contributed by atoms with Crippen LogP contribution in [-0.2, 0) is 10.0 Å². The van der Waals surface area contributed by atoms with Crippen molar-refractivity contribution in [2.75, 3.05) is 4.72 Å². The summed E-state index contributed by atoms with van der Waals surface area (Å²) in [4.78, 5) is 11.2. The number of carboxylic acids is 1. The molecule has 0 spiro atoms. The summed E-state index contributed by atoms with van der Waals surface area (Å²) >= 11 is 0. The van der Waals surface area contributed by atoms with Gasteiger partial charge in [-0.3, -0.25) is 4.72 Å². The first-order chi connectivity index (χ1) is 12.3. The number of nitrogens with one attached hydrogen (secondary N) is 1. The van der Waals surface area contributed by atoms with Gasteiger partial charge < -0.3 is 9.67 Å². The van der Waals surface area contributed by atoms with E-state index in [2.05, 4.69) is 4.72 Å². The summed E-state index contributed by atoms with van der Waals surface area (Å²) < 4.78 is 30.1. The molecular formula is C19H18N2O4S. The van der Waals surface area contributed by atoms with E-state index in [0.717, 1.165) is 5.69 Å². The van der Waals surface area contributed by atoms with Gasteiger partial charge in [-0.05, 0) is 67.4 Å². The van der Waals surface area contributed by atoms with Gasteiger partial charge in [0, 0.05) is 18.1 Å². The van der Waals surface area contributed by atoms with Gasteiger partial charge >= 0.3 is 5.97 Å². The second-order valence-corrected chi connectivity index (χ2v) is 7.62. The highest BCUT2D eigenvalue weighted by atomic mass is 32.2. The van der Waals surface area contributed by atoms with Gasteiger partial charge in [-0.25, -0.2) is 13.2 Å². The van der Waals surface area contributed by atoms with Gasteiger partial charge in [-0.1, -0.05) is 6.07 Å². The van der Waals surface area contributed by atoms with E-state index in [1.807, 2.05) is 35.2 Å². The van der Waals surface area contributed by atoms with Crippen molar-refractivity contribution >= 4 is 21.7 Å². The van der Waals surface area contributed by atoms with Crippen LogP contribution in [0.4, 0.5) is 5.69 Å². The van der Waals surface area contributed by atoms with Gasteiger partial charge in [0.1, 0.15) is 0 Å². The fourth-order valence-corrected chi connectivity index (χ4v) is 4.07. The lowest BCUT2D eigenvalue weighted by Gasteiger charge is -2.14. The normalized spacial score (nSPS) is 11.3. The quantitative estimate of drug-likeness (QED) is 0.718. The van der Waals surface area contributed by atoms with Gasteiger partial charge in [0.05, 0.1) is 16.1 Å². The number of nitrogens with zero attached hydrogens (tertiary/aromatic N) is 1. The highest BCUT2D eigenvalue weighted by molar-refractivity contribution is 7.92. The van der Waals surface area contributed by atoms with E-state index >= 15 is 0 Å². The number of benzene rings is 2. The van der Waals surface area contributed by atoms with Gasteiger partial charge in [0.2, 0.25) is 0 Å². The van der Waals surface area contributed by atoms with Crippen LogP contribution in [-0.4, -0.2) is 24.1 Å². The van der Waals surface area contributed by atoms with Gasteiger partial charge in [-0.2, -0.15) is 0 Å². The van der Waals surface area contributed by atoms with E-state index in [9.17, 15) is 18.3 Å². The maximum atomic E-state index is 12.8. The molecule has 7 heteroatoms. The number of hydrogen-bond donors (Lipinski definition) is 2. The standard InChI is InChI=1S/C19H18N2O4S/c1-13-10-15(19(22)23)11-18(14(13)2)26(24,25)20-16-6-5-7-17(12-16)21-8-3-4-9-21/h3-12,20H,1-2H3,(H,22,23). The number of hydrogen-bond acceptors (Lipinski definition) is 3. The molecule has 3 rings (SSSR count). The average molecular weight is 370 g/mol. The van der Waals surface area contributed by atoms with Crippen LogP contribution in [0.3, 0.4) is 0 Å². The van der Waals surface area contributed by atoms with Crippen LogP contribution in [0.15, 0.2) is 65.8 Å². The maximum absolute atomic E-state index is 12.8. The summed E-state index contributed by atoms with van der Waals surface area (Å²) in [5.41, 5.74) is 2.27. The van der Waals surface area contributed by atoms with Crippen molar-refractivity contribution in [3.05, 3.63) is 77.6 Å². The number of carboxylic acid groups (broad SMARTS) is 1. The monoisotopic (exact) mass is 370 g/mol. The number of rotatable bonds is 5. The molecular weight excluding hydrogens is 352 g/mol. The van der Waals surface area contributed by atoms with Crippen molar-refractivity contribution in [3.63, 3.8) is 0 Å². The molecule has 0 radical (unpaired) electrons. The largest absolute Gasteiger partial charge is 0.478 e. The summed E-state index contributed by atoms with van der Waals surface area (Å²) in [5, 5.41) is 9.20. The minimum Gasteiger partial charge on any atom is -0.478 e. The Kier molecular flexibility index (Phi) is 4.56. The van der Waals surface area contributed by atoms with Crippen molar-refractivity contribution in [3.8, 4) is 5.69 Å². The molecule has 0 amide bonds. The molecule has 0 atom stereocenters. The van der Waals surface area contributed by atoms with Gasteiger partial charge in [-0.15, -0.1) is 0 Å². The number of aromatic nitrogens is 1. The number of carbonyl (C=O) groups is 1. The Morgan fingerprint density at radius 2 is 1.73 bits per heavy atom. The van der Waals surface area contributed by atoms with Gasteiger partial charge in [0.25, 0.3) is 10.0 Å². The lowest BCUT2D eigenvalue weighted by Crippen LogP contribution is -2.16. The Morgan fingerprint density at radius 3 is 2.38 bits per heavy atom. The fourth-order valence-electron chi connectivity index (χ4n) is 2.68. The second-order valence-electron chi connectivity index (χ2n) is 5.97. The predicted molar refractivity (Wildman–Crippen MR) is 99.5 cm³/mol. The van der Waals surface area contributed by atoms with Crippen molar-refractivity contribution < 1.29 is 18.3 Å². The average Bonchev–Trinajstić information content (AvgIpc) is 3.11. The van der Waals surface area contributed by atoms with E-state index in [1.165, 1.54) is 12.1 Å². The van der Waals surface area contributed by atoms with Crippen LogP contribution in [0.5, 0.6) is 0 Å². The number of aryl methyl sites for hydroxylation is 1. The molecule has 0 fully saturated rings. The molecule has 0 aliphatic carbocycles. The van der Waals surface area contributed by atoms with Crippen LogP contribution in [0, 0.1) is 13.8 Å². The number of sulfonamides is 1. The highest BCUT2D eigenvalue weighted by Crippen LogP contribution is 2.24. The topological polar surface area (TPSA) is 88.4 Å². The molecule has 6 nitrogen and oxygen atoms in total. The van der Waals surface area contributed by atoms with E-state index in [1.54, 1.807) is 32.0 Å². The van der Waals surface area contributed by atoms with Crippen LogP contribution in [0.25, 0.3) is 5.69 Å². The molecule has 26 heavy (non-hydrogen) atoms. The molecule has 0 bridgehead atoms. The van der Waals surface area contributed by atoms with E-state index < -0.39 is 16.0 Å². The minimum atomic E-state index is -3.93. The van der Waals surface area contributed by atoms with Crippen LogP contribution in [0.1, 0.15) is 21.5 Å².